The molecule has 0 amide bonds. The molecule has 0 fully saturated rings. The van der Waals surface area contributed by atoms with Gasteiger partial charge in [-0.05, 0) is 62.6 Å². The van der Waals surface area contributed by atoms with Crippen LogP contribution in [0.2, 0.25) is 0 Å². The summed E-state index contributed by atoms with van der Waals surface area (Å²) < 4.78 is 20.3. The topological polar surface area (TPSA) is 43.4 Å². The molecule has 3 nitrogen and oxygen atoms in total. The Bertz CT molecular complexity index is 1060. The van der Waals surface area contributed by atoms with Gasteiger partial charge in [0.1, 0.15) is 5.75 Å². The normalized spacial score (nSPS) is 12.9. The van der Waals surface area contributed by atoms with E-state index >= 15 is 0 Å². The van der Waals surface area contributed by atoms with Gasteiger partial charge in [-0.25, -0.2) is 0 Å². The predicted molar refractivity (Wildman–Crippen MR) is 130 cm³/mol. The first kappa shape index (κ1) is 23.0. The third-order valence-electron chi connectivity index (χ3n) is 5.51. The van der Waals surface area contributed by atoms with Gasteiger partial charge >= 0.3 is 0 Å². The fraction of sp³-hybridized carbons (Fsp3) is 0.296. The van der Waals surface area contributed by atoms with E-state index in [0.29, 0.717) is 22.8 Å². The Kier molecular flexibility index (Phi) is 7.51. The standard InChI is InChI=1S/C27H31O3P/c1-5-6-10-17-30-23-13-15-25(16-14-23)31(29,24-11-8-7-9-12-24)27(28)26-21(3)18-20(2)19-22(26)4/h7-9,11-16,18-19H,5-6,10,17H2,1-4H3. The number of aryl methyl sites for hydroxylation is 3. The molecule has 0 aromatic heterocycles. The van der Waals surface area contributed by atoms with Crippen molar-refractivity contribution in [2.45, 2.75) is 47.0 Å². The van der Waals surface area contributed by atoms with Gasteiger partial charge in [-0.1, -0.05) is 67.8 Å². The average molecular weight is 435 g/mol. The Balaban J connectivity index is 2.04. The lowest BCUT2D eigenvalue weighted by atomic mass is 10.0. The van der Waals surface area contributed by atoms with Crippen LogP contribution in [0.15, 0.2) is 66.7 Å². The van der Waals surface area contributed by atoms with Crippen molar-refractivity contribution >= 4 is 23.3 Å². The van der Waals surface area contributed by atoms with Crippen molar-refractivity contribution in [3.05, 3.63) is 89.0 Å². The third-order valence-corrected chi connectivity index (χ3v) is 8.36. The van der Waals surface area contributed by atoms with Crippen molar-refractivity contribution in [1.82, 2.24) is 0 Å². The van der Waals surface area contributed by atoms with Crippen molar-refractivity contribution < 1.29 is 14.1 Å². The Morgan fingerprint density at radius 2 is 1.42 bits per heavy atom. The molecule has 0 spiro atoms. The summed E-state index contributed by atoms with van der Waals surface area (Å²) in [6.45, 7) is 8.64. The molecule has 4 heteroatoms. The number of ether oxygens (including phenoxy) is 1. The minimum atomic E-state index is -3.56. The minimum Gasteiger partial charge on any atom is -0.494 e. The van der Waals surface area contributed by atoms with E-state index in [1.165, 1.54) is 0 Å². The van der Waals surface area contributed by atoms with Crippen molar-refractivity contribution in [3.63, 3.8) is 0 Å². The molecule has 1 unspecified atom stereocenters. The van der Waals surface area contributed by atoms with Crippen LogP contribution < -0.4 is 15.3 Å². The lowest BCUT2D eigenvalue weighted by Crippen LogP contribution is -2.24. The van der Waals surface area contributed by atoms with Gasteiger partial charge < -0.3 is 9.30 Å². The maximum atomic E-state index is 14.5. The molecule has 0 N–H and O–H groups in total. The van der Waals surface area contributed by atoms with Gasteiger partial charge in [-0.15, -0.1) is 0 Å². The zero-order chi connectivity index (χ0) is 22.4. The van der Waals surface area contributed by atoms with E-state index in [-0.39, 0.29) is 5.52 Å². The molecule has 0 saturated heterocycles. The van der Waals surface area contributed by atoms with Crippen LogP contribution in [0.1, 0.15) is 53.2 Å². The van der Waals surface area contributed by atoms with E-state index in [4.69, 9.17) is 4.74 Å². The summed E-state index contributed by atoms with van der Waals surface area (Å²) in [5.41, 5.74) is 3.04. The highest BCUT2D eigenvalue weighted by molar-refractivity contribution is 7.93. The van der Waals surface area contributed by atoms with Crippen LogP contribution in [0, 0.1) is 20.8 Å². The van der Waals surface area contributed by atoms with Gasteiger partial charge in [0.2, 0.25) is 12.7 Å². The highest BCUT2D eigenvalue weighted by atomic mass is 31.2. The van der Waals surface area contributed by atoms with Crippen LogP contribution in [0.4, 0.5) is 0 Å². The number of benzene rings is 3. The smallest absolute Gasteiger partial charge is 0.230 e. The predicted octanol–water partition coefficient (Wildman–Crippen LogP) is 6.34. The van der Waals surface area contributed by atoms with E-state index in [1.807, 2.05) is 63.2 Å². The number of hydrogen-bond donors (Lipinski definition) is 0. The lowest BCUT2D eigenvalue weighted by Gasteiger charge is -2.21. The molecule has 0 saturated carbocycles. The lowest BCUT2D eigenvalue weighted by molar-refractivity contribution is 0.107. The molecule has 3 aromatic carbocycles. The molecule has 1 atom stereocenters. The number of rotatable bonds is 9. The molecule has 31 heavy (non-hydrogen) atoms. The summed E-state index contributed by atoms with van der Waals surface area (Å²) in [6.07, 6.45) is 3.28. The third kappa shape index (κ3) is 4.99. The molecule has 0 radical (unpaired) electrons. The summed E-state index contributed by atoms with van der Waals surface area (Å²) in [7, 11) is -3.56. The molecule has 0 aliphatic rings. The Labute approximate surface area is 185 Å². The number of carbonyl (C=O) groups excluding carboxylic acids is 1. The molecular weight excluding hydrogens is 403 g/mol. The first-order valence-corrected chi connectivity index (χ1v) is 12.6. The van der Waals surface area contributed by atoms with Crippen LogP contribution in [0.25, 0.3) is 0 Å². The van der Waals surface area contributed by atoms with Crippen LogP contribution in [-0.4, -0.2) is 12.1 Å². The summed E-state index contributed by atoms with van der Waals surface area (Å²) in [6, 6.07) is 20.2. The molecule has 0 aliphatic heterocycles. The van der Waals surface area contributed by atoms with Gasteiger partial charge in [0, 0.05) is 16.2 Å². The van der Waals surface area contributed by atoms with Gasteiger partial charge in [-0.2, -0.15) is 0 Å². The van der Waals surface area contributed by atoms with E-state index in [9.17, 15) is 9.36 Å². The van der Waals surface area contributed by atoms with E-state index in [1.54, 1.807) is 24.3 Å². The number of carbonyl (C=O) groups is 1. The molecule has 0 heterocycles. The molecule has 162 valence electrons. The zero-order valence-electron chi connectivity index (χ0n) is 18.9. The van der Waals surface area contributed by atoms with E-state index in [0.717, 1.165) is 41.7 Å². The molecule has 0 bridgehead atoms. The number of hydrogen-bond acceptors (Lipinski definition) is 3. The second-order valence-electron chi connectivity index (χ2n) is 8.07. The zero-order valence-corrected chi connectivity index (χ0v) is 19.7. The quantitative estimate of drug-likeness (QED) is 0.292. The minimum absolute atomic E-state index is 0.315. The van der Waals surface area contributed by atoms with Crippen LogP contribution in [0.5, 0.6) is 5.75 Å². The van der Waals surface area contributed by atoms with Gasteiger partial charge in [-0.3, -0.25) is 4.79 Å². The molecule has 3 aromatic rings. The first-order chi connectivity index (χ1) is 14.9. The highest BCUT2D eigenvalue weighted by Crippen LogP contribution is 2.48. The SMILES string of the molecule is CCCCCOc1ccc(P(=O)(C(=O)c2c(C)cc(C)cc2C)c2ccccc2)cc1. The Morgan fingerprint density at radius 1 is 0.839 bits per heavy atom. The van der Waals surface area contributed by atoms with Gasteiger partial charge in [0.15, 0.2) is 0 Å². The van der Waals surface area contributed by atoms with Gasteiger partial charge in [0.05, 0.1) is 6.61 Å². The van der Waals surface area contributed by atoms with Crippen LogP contribution >= 0.6 is 7.14 Å². The fourth-order valence-electron chi connectivity index (χ4n) is 3.99. The summed E-state index contributed by atoms with van der Waals surface area (Å²) in [5, 5.41) is 1.08. The summed E-state index contributed by atoms with van der Waals surface area (Å²) >= 11 is 0. The average Bonchev–Trinajstić information content (AvgIpc) is 2.76. The van der Waals surface area contributed by atoms with Gasteiger partial charge in [0.25, 0.3) is 0 Å². The van der Waals surface area contributed by atoms with E-state index < -0.39 is 7.14 Å². The summed E-state index contributed by atoms with van der Waals surface area (Å²) in [4.78, 5) is 13.9. The van der Waals surface area contributed by atoms with Crippen LogP contribution in [0.3, 0.4) is 0 Å². The largest absolute Gasteiger partial charge is 0.494 e. The number of unbranched alkanes of at least 4 members (excludes halogenated alkanes) is 2. The van der Waals surface area contributed by atoms with Crippen molar-refractivity contribution in [2.75, 3.05) is 6.61 Å². The molecular formula is C27H31O3P. The second kappa shape index (κ2) is 10.1. The maximum absolute atomic E-state index is 14.5. The second-order valence-corrected chi connectivity index (χ2v) is 10.7. The fourth-order valence-corrected chi connectivity index (χ4v) is 6.59. The Morgan fingerprint density at radius 3 is 2.00 bits per heavy atom. The summed E-state index contributed by atoms with van der Waals surface area (Å²) in [5.74, 6) is 0.731. The van der Waals surface area contributed by atoms with Crippen molar-refractivity contribution in [3.8, 4) is 5.75 Å². The van der Waals surface area contributed by atoms with Crippen LogP contribution in [-0.2, 0) is 4.57 Å². The van der Waals surface area contributed by atoms with E-state index in [2.05, 4.69) is 6.92 Å². The first-order valence-electron chi connectivity index (χ1n) is 10.9. The molecule has 3 rings (SSSR count). The maximum Gasteiger partial charge on any atom is 0.230 e. The molecule has 0 aliphatic carbocycles. The van der Waals surface area contributed by atoms with Crippen molar-refractivity contribution in [1.29, 1.82) is 0 Å². The Hall–Kier alpha value is -2.64. The monoisotopic (exact) mass is 434 g/mol. The highest BCUT2D eigenvalue weighted by Gasteiger charge is 2.38. The van der Waals surface area contributed by atoms with Crippen molar-refractivity contribution in [2.24, 2.45) is 0 Å².